The Morgan fingerprint density at radius 1 is 1.19 bits per heavy atom. The Balaban J connectivity index is 1.79. The topological polar surface area (TPSA) is 85.1 Å². The van der Waals surface area contributed by atoms with Gasteiger partial charge in [0.1, 0.15) is 6.33 Å². The first-order chi connectivity index (χ1) is 10.3. The van der Waals surface area contributed by atoms with E-state index in [-0.39, 0.29) is 0 Å². The first kappa shape index (κ1) is 13.6. The van der Waals surface area contributed by atoms with E-state index in [9.17, 15) is 0 Å². The van der Waals surface area contributed by atoms with Crippen molar-refractivity contribution >= 4 is 11.6 Å². The molecule has 1 unspecified atom stereocenters. The molecule has 1 atom stereocenters. The summed E-state index contributed by atoms with van der Waals surface area (Å²) in [6.07, 6.45) is 4.59. The molecule has 4 N–H and O–H groups in total. The predicted molar refractivity (Wildman–Crippen MR) is 82.3 cm³/mol. The Hall–Kier alpha value is -2.34. The summed E-state index contributed by atoms with van der Waals surface area (Å²) in [5, 5.41) is 3.44. The second-order valence-electron chi connectivity index (χ2n) is 5.10. The van der Waals surface area contributed by atoms with Crippen LogP contribution in [0.15, 0.2) is 30.6 Å². The van der Waals surface area contributed by atoms with Crippen molar-refractivity contribution in [3.63, 3.8) is 0 Å². The van der Waals surface area contributed by atoms with Crippen LogP contribution in [0, 0.1) is 0 Å². The minimum Gasteiger partial charge on any atom is -0.490 e. The minimum atomic E-state index is 0.328. The number of aromatic nitrogens is 2. The van der Waals surface area contributed by atoms with Gasteiger partial charge in [0.15, 0.2) is 11.6 Å². The first-order valence-electron chi connectivity index (χ1n) is 7.00. The molecule has 1 heterocycles. The summed E-state index contributed by atoms with van der Waals surface area (Å²) in [6.45, 7) is 0. The van der Waals surface area contributed by atoms with Crippen LogP contribution in [0.1, 0.15) is 17.5 Å². The molecule has 21 heavy (non-hydrogen) atoms. The van der Waals surface area contributed by atoms with Gasteiger partial charge < -0.3 is 15.5 Å². The highest BCUT2D eigenvalue weighted by molar-refractivity contribution is 5.63. The molecule has 0 bridgehead atoms. The number of ether oxygens (including phenoxy) is 1. The number of methoxy groups -OCH3 is 1. The number of hydrazine groups is 1. The Labute approximate surface area is 123 Å². The number of fused-ring (bicyclic) bond motifs is 1. The van der Waals surface area contributed by atoms with Crippen LogP contribution in [0.5, 0.6) is 5.75 Å². The van der Waals surface area contributed by atoms with Gasteiger partial charge in [-0.1, -0.05) is 24.3 Å². The van der Waals surface area contributed by atoms with Gasteiger partial charge in [-0.2, -0.15) is 0 Å². The summed E-state index contributed by atoms with van der Waals surface area (Å²) in [6, 6.07) is 8.90. The van der Waals surface area contributed by atoms with Crippen LogP contribution in [0.4, 0.5) is 11.6 Å². The zero-order valence-corrected chi connectivity index (χ0v) is 12.0. The number of nitrogens with two attached hydrogens (primary N) is 1. The van der Waals surface area contributed by atoms with E-state index in [1.54, 1.807) is 7.11 Å². The van der Waals surface area contributed by atoms with E-state index in [1.165, 1.54) is 17.5 Å². The molecule has 6 heteroatoms. The third kappa shape index (κ3) is 2.75. The molecule has 110 valence electrons. The minimum absolute atomic E-state index is 0.328. The third-order valence-electron chi connectivity index (χ3n) is 3.83. The van der Waals surface area contributed by atoms with Gasteiger partial charge in [0, 0.05) is 6.04 Å². The van der Waals surface area contributed by atoms with E-state index in [1.807, 2.05) is 0 Å². The number of nitrogens with zero attached hydrogens (tertiary/aromatic N) is 2. The Kier molecular flexibility index (Phi) is 3.87. The molecule has 1 aliphatic rings. The van der Waals surface area contributed by atoms with E-state index in [0.717, 1.165) is 19.3 Å². The van der Waals surface area contributed by atoms with Crippen LogP contribution >= 0.6 is 0 Å². The van der Waals surface area contributed by atoms with E-state index in [2.05, 4.69) is 45.0 Å². The van der Waals surface area contributed by atoms with Crippen LogP contribution in [0.3, 0.4) is 0 Å². The van der Waals surface area contributed by atoms with Crippen molar-refractivity contribution in [1.82, 2.24) is 9.97 Å². The highest BCUT2D eigenvalue weighted by Gasteiger charge is 2.20. The van der Waals surface area contributed by atoms with Crippen molar-refractivity contribution in [3.05, 3.63) is 41.7 Å². The fourth-order valence-electron chi connectivity index (χ4n) is 2.79. The molecular weight excluding hydrogens is 266 g/mol. The summed E-state index contributed by atoms with van der Waals surface area (Å²) in [7, 11) is 1.58. The highest BCUT2D eigenvalue weighted by Crippen LogP contribution is 2.30. The number of hydrogen-bond acceptors (Lipinski definition) is 6. The van der Waals surface area contributed by atoms with Crippen LogP contribution in [0.25, 0.3) is 0 Å². The van der Waals surface area contributed by atoms with E-state index >= 15 is 0 Å². The Morgan fingerprint density at radius 2 is 1.95 bits per heavy atom. The van der Waals surface area contributed by atoms with E-state index < -0.39 is 0 Å². The van der Waals surface area contributed by atoms with Crippen molar-refractivity contribution in [3.8, 4) is 5.75 Å². The third-order valence-corrected chi connectivity index (χ3v) is 3.83. The molecule has 3 rings (SSSR count). The second-order valence-corrected chi connectivity index (χ2v) is 5.10. The lowest BCUT2D eigenvalue weighted by Gasteiger charge is -2.26. The molecule has 0 aliphatic heterocycles. The Bertz CT molecular complexity index is 631. The molecule has 0 radical (unpaired) electrons. The van der Waals surface area contributed by atoms with Gasteiger partial charge in [0.25, 0.3) is 0 Å². The van der Waals surface area contributed by atoms with Crippen molar-refractivity contribution < 1.29 is 4.74 Å². The van der Waals surface area contributed by atoms with Gasteiger partial charge in [-0.3, -0.25) is 0 Å². The van der Waals surface area contributed by atoms with Gasteiger partial charge in [-0.25, -0.2) is 15.8 Å². The summed E-state index contributed by atoms with van der Waals surface area (Å²) in [5.74, 6) is 7.13. The lowest BCUT2D eigenvalue weighted by molar-refractivity contribution is 0.413. The summed E-state index contributed by atoms with van der Waals surface area (Å²) in [5.41, 5.74) is 5.36. The molecule has 6 nitrogen and oxygen atoms in total. The molecule has 2 aromatic rings. The SMILES string of the molecule is COc1c(NN)ncnc1NC1CCc2ccccc2C1. The van der Waals surface area contributed by atoms with Gasteiger partial charge in [0.05, 0.1) is 7.11 Å². The number of nitrogens with one attached hydrogen (secondary N) is 2. The molecule has 1 aliphatic carbocycles. The fraction of sp³-hybridized carbons (Fsp3) is 0.333. The number of rotatable bonds is 4. The summed E-state index contributed by atoms with van der Waals surface area (Å²) < 4.78 is 5.35. The predicted octanol–water partition coefficient (Wildman–Crippen LogP) is 1.74. The number of aryl methyl sites for hydroxylation is 1. The molecule has 0 saturated carbocycles. The molecular formula is C15H19N5O. The number of nitrogen functional groups attached to an aromatic ring is 1. The molecule has 1 aromatic carbocycles. The number of anilines is 2. The average molecular weight is 285 g/mol. The molecule has 0 fully saturated rings. The maximum absolute atomic E-state index is 5.44. The largest absolute Gasteiger partial charge is 0.490 e. The van der Waals surface area contributed by atoms with Crippen molar-refractivity contribution in [2.45, 2.75) is 25.3 Å². The molecule has 1 aromatic heterocycles. The van der Waals surface area contributed by atoms with Gasteiger partial charge in [-0.05, 0) is 30.4 Å². The van der Waals surface area contributed by atoms with Crippen LogP contribution < -0.4 is 21.3 Å². The summed E-state index contributed by atoms with van der Waals surface area (Å²) in [4.78, 5) is 8.31. The highest BCUT2D eigenvalue weighted by atomic mass is 16.5. The monoisotopic (exact) mass is 285 g/mol. The lowest BCUT2D eigenvalue weighted by Crippen LogP contribution is -2.28. The van der Waals surface area contributed by atoms with Crippen LogP contribution in [-0.2, 0) is 12.8 Å². The normalized spacial score (nSPS) is 17.0. The van der Waals surface area contributed by atoms with Crippen molar-refractivity contribution in [2.75, 3.05) is 17.9 Å². The zero-order chi connectivity index (χ0) is 14.7. The molecule has 0 amide bonds. The van der Waals surface area contributed by atoms with E-state index in [0.29, 0.717) is 23.4 Å². The van der Waals surface area contributed by atoms with Crippen LogP contribution in [0.2, 0.25) is 0 Å². The van der Waals surface area contributed by atoms with Crippen molar-refractivity contribution in [1.29, 1.82) is 0 Å². The molecule has 0 saturated heterocycles. The van der Waals surface area contributed by atoms with E-state index in [4.69, 9.17) is 10.6 Å². The maximum atomic E-state index is 5.44. The van der Waals surface area contributed by atoms with Crippen molar-refractivity contribution in [2.24, 2.45) is 5.84 Å². The van der Waals surface area contributed by atoms with Gasteiger partial charge in [0.2, 0.25) is 5.75 Å². The smallest absolute Gasteiger partial charge is 0.205 e. The lowest BCUT2D eigenvalue weighted by atomic mass is 9.88. The number of hydrogen-bond donors (Lipinski definition) is 3. The standard InChI is InChI=1S/C15H19N5O/c1-21-13-14(17-9-18-15(13)20-16)19-12-7-6-10-4-2-3-5-11(10)8-12/h2-5,9,12H,6-8,16H2,1H3,(H2,17,18,19,20). The Morgan fingerprint density at radius 3 is 2.71 bits per heavy atom. The number of benzene rings is 1. The second kappa shape index (κ2) is 5.97. The fourth-order valence-corrected chi connectivity index (χ4v) is 2.79. The average Bonchev–Trinajstić information content (AvgIpc) is 2.54. The van der Waals surface area contributed by atoms with Gasteiger partial charge in [-0.15, -0.1) is 0 Å². The molecule has 0 spiro atoms. The first-order valence-corrected chi connectivity index (χ1v) is 7.00. The zero-order valence-electron chi connectivity index (χ0n) is 12.0. The maximum Gasteiger partial charge on any atom is 0.205 e. The van der Waals surface area contributed by atoms with Gasteiger partial charge >= 0.3 is 0 Å². The summed E-state index contributed by atoms with van der Waals surface area (Å²) >= 11 is 0. The quantitative estimate of drug-likeness (QED) is 0.586. The van der Waals surface area contributed by atoms with Crippen LogP contribution in [-0.4, -0.2) is 23.1 Å².